The second-order valence-corrected chi connectivity index (χ2v) is 4.75. The second kappa shape index (κ2) is 6.30. The first-order valence-corrected chi connectivity index (χ1v) is 7.24. The third kappa shape index (κ3) is 2.93. The van der Waals surface area contributed by atoms with Crippen molar-refractivity contribution in [2.24, 2.45) is 0 Å². The molecule has 0 saturated heterocycles. The van der Waals surface area contributed by atoms with Gasteiger partial charge in [0.2, 0.25) is 5.95 Å². The molecule has 2 aromatic carbocycles. The van der Waals surface area contributed by atoms with E-state index < -0.39 is 0 Å². The number of rotatable bonds is 5. The summed E-state index contributed by atoms with van der Waals surface area (Å²) in [7, 11) is 1.86. The Morgan fingerprint density at radius 3 is 2.50 bits per heavy atom. The zero-order chi connectivity index (χ0) is 15.4. The summed E-state index contributed by atoms with van der Waals surface area (Å²) in [5, 5.41) is 7.34. The van der Waals surface area contributed by atoms with Crippen molar-refractivity contribution in [1.29, 1.82) is 0 Å². The van der Waals surface area contributed by atoms with Gasteiger partial charge in [-0.05, 0) is 43.3 Å². The van der Waals surface area contributed by atoms with Crippen LogP contribution in [0, 0.1) is 0 Å². The SMILES string of the molecule is CCOc1ccc(Nc2nc(NC)c3ccccc3n2)cc1. The molecule has 0 fully saturated rings. The number of hydrogen-bond donors (Lipinski definition) is 2. The van der Waals surface area contributed by atoms with Gasteiger partial charge in [-0.2, -0.15) is 4.98 Å². The van der Waals surface area contributed by atoms with Crippen LogP contribution in [0.2, 0.25) is 0 Å². The lowest BCUT2D eigenvalue weighted by Crippen LogP contribution is -2.02. The van der Waals surface area contributed by atoms with Crippen molar-refractivity contribution in [2.75, 3.05) is 24.3 Å². The Hall–Kier alpha value is -2.82. The highest BCUT2D eigenvalue weighted by Crippen LogP contribution is 2.24. The molecule has 3 rings (SSSR count). The van der Waals surface area contributed by atoms with E-state index >= 15 is 0 Å². The lowest BCUT2D eigenvalue weighted by molar-refractivity contribution is 0.340. The van der Waals surface area contributed by atoms with Crippen LogP contribution in [0.15, 0.2) is 48.5 Å². The van der Waals surface area contributed by atoms with E-state index in [1.807, 2.05) is 62.5 Å². The van der Waals surface area contributed by atoms with Crippen LogP contribution in [0.25, 0.3) is 10.9 Å². The highest BCUT2D eigenvalue weighted by molar-refractivity contribution is 5.90. The molecule has 0 amide bonds. The fourth-order valence-corrected chi connectivity index (χ4v) is 2.25. The van der Waals surface area contributed by atoms with Gasteiger partial charge in [0.15, 0.2) is 0 Å². The molecule has 3 aromatic rings. The molecule has 0 saturated carbocycles. The fraction of sp³-hybridized carbons (Fsp3) is 0.176. The Bertz CT molecular complexity index is 771. The quantitative estimate of drug-likeness (QED) is 0.749. The van der Waals surface area contributed by atoms with Crippen molar-refractivity contribution >= 4 is 28.4 Å². The predicted molar refractivity (Wildman–Crippen MR) is 90.0 cm³/mol. The third-order valence-electron chi connectivity index (χ3n) is 3.26. The predicted octanol–water partition coefficient (Wildman–Crippen LogP) is 3.81. The molecule has 22 heavy (non-hydrogen) atoms. The summed E-state index contributed by atoms with van der Waals surface area (Å²) in [6.07, 6.45) is 0. The summed E-state index contributed by atoms with van der Waals surface area (Å²) in [6, 6.07) is 15.7. The normalized spacial score (nSPS) is 10.5. The number of para-hydroxylation sites is 1. The molecule has 112 valence electrons. The summed E-state index contributed by atoms with van der Waals surface area (Å²) in [5.74, 6) is 2.22. The molecule has 5 heteroatoms. The van der Waals surface area contributed by atoms with Crippen LogP contribution in [0.1, 0.15) is 6.92 Å². The van der Waals surface area contributed by atoms with Crippen molar-refractivity contribution in [3.63, 3.8) is 0 Å². The molecular weight excluding hydrogens is 276 g/mol. The zero-order valence-corrected chi connectivity index (χ0v) is 12.6. The minimum Gasteiger partial charge on any atom is -0.494 e. The van der Waals surface area contributed by atoms with Gasteiger partial charge in [-0.3, -0.25) is 0 Å². The summed E-state index contributed by atoms with van der Waals surface area (Å²) in [5.41, 5.74) is 1.82. The molecule has 0 unspecified atom stereocenters. The molecule has 5 nitrogen and oxygen atoms in total. The molecule has 0 aliphatic rings. The van der Waals surface area contributed by atoms with Crippen LogP contribution in [0.3, 0.4) is 0 Å². The van der Waals surface area contributed by atoms with E-state index in [2.05, 4.69) is 20.6 Å². The summed E-state index contributed by atoms with van der Waals surface area (Å²) in [4.78, 5) is 9.05. The van der Waals surface area contributed by atoms with Gasteiger partial charge in [0, 0.05) is 18.1 Å². The Kier molecular flexibility index (Phi) is 4.05. The number of benzene rings is 2. The molecule has 0 aliphatic heterocycles. The summed E-state index contributed by atoms with van der Waals surface area (Å²) >= 11 is 0. The van der Waals surface area contributed by atoms with Crippen molar-refractivity contribution in [3.05, 3.63) is 48.5 Å². The van der Waals surface area contributed by atoms with Gasteiger partial charge >= 0.3 is 0 Å². The van der Waals surface area contributed by atoms with E-state index in [9.17, 15) is 0 Å². The first-order valence-electron chi connectivity index (χ1n) is 7.24. The van der Waals surface area contributed by atoms with Crippen LogP contribution in [-0.2, 0) is 0 Å². The molecule has 1 aromatic heterocycles. The minimum absolute atomic E-state index is 0.562. The van der Waals surface area contributed by atoms with Gasteiger partial charge < -0.3 is 15.4 Å². The van der Waals surface area contributed by atoms with Crippen LogP contribution in [0.4, 0.5) is 17.5 Å². The van der Waals surface area contributed by atoms with Crippen LogP contribution in [-0.4, -0.2) is 23.6 Å². The number of anilines is 3. The van der Waals surface area contributed by atoms with Crippen molar-refractivity contribution < 1.29 is 4.74 Å². The van der Waals surface area contributed by atoms with Gasteiger partial charge in [-0.15, -0.1) is 0 Å². The number of nitrogens with zero attached hydrogens (tertiary/aromatic N) is 2. The van der Waals surface area contributed by atoms with Gasteiger partial charge in [0.1, 0.15) is 11.6 Å². The number of nitrogens with one attached hydrogen (secondary N) is 2. The van der Waals surface area contributed by atoms with Crippen LogP contribution >= 0.6 is 0 Å². The molecule has 0 atom stereocenters. The van der Waals surface area contributed by atoms with Gasteiger partial charge in [-0.1, -0.05) is 12.1 Å². The van der Waals surface area contributed by atoms with Crippen molar-refractivity contribution in [3.8, 4) is 5.75 Å². The van der Waals surface area contributed by atoms with Crippen molar-refractivity contribution in [1.82, 2.24) is 9.97 Å². The molecule has 0 radical (unpaired) electrons. The fourth-order valence-electron chi connectivity index (χ4n) is 2.25. The van der Waals surface area contributed by atoms with Gasteiger partial charge in [-0.25, -0.2) is 4.98 Å². The lowest BCUT2D eigenvalue weighted by atomic mass is 10.2. The molecule has 0 spiro atoms. The van der Waals surface area contributed by atoms with Crippen LogP contribution < -0.4 is 15.4 Å². The average molecular weight is 294 g/mol. The summed E-state index contributed by atoms with van der Waals surface area (Å²) < 4.78 is 5.44. The highest BCUT2D eigenvalue weighted by Gasteiger charge is 2.06. The molecule has 1 heterocycles. The maximum absolute atomic E-state index is 5.44. The number of hydrogen-bond acceptors (Lipinski definition) is 5. The maximum Gasteiger partial charge on any atom is 0.229 e. The maximum atomic E-state index is 5.44. The third-order valence-corrected chi connectivity index (χ3v) is 3.26. The largest absolute Gasteiger partial charge is 0.494 e. The lowest BCUT2D eigenvalue weighted by Gasteiger charge is -2.10. The average Bonchev–Trinajstić information content (AvgIpc) is 2.56. The van der Waals surface area contributed by atoms with E-state index in [4.69, 9.17) is 4.74 Å². The first kappa shape index (κ1) is 14.1. The van der Waals surface area contributed by atoms with Gasteiger partial charge in [0.05, 0.1) is 12.1 Å². The monoisotopic (exact) mass is 294 g/mol. The second-order valence-electron chi connectivity index (χ2n) is 4.75. The Labute approximate surface area is 129 Å². The molecular formula is C17H18N4O. The molecule has 0 aliphatic carbocycles. The smallest absolute Gasteiger partial charge is 0.229 e. The Balaban J connectivity index is 1.90. The molecule has 2 N–H and O–H groups in total. The van der Waals surface area contributed by atoms with E-state index in [1.165, 1.54) is 0 Å². The van der Waals surface area contributed by atoms with Crippen molar-refractivity contribution in [2.45, 2.75) is 6.92 Å². The van der Waals surface area contributed by atoms with E-state index in [0.717, 1.165) is 28.2 Å². The molecule has 0 bridgehead atoms. The number of ether oxygens (including phenoxy) is 1. The highest BCUT2D eigenvalue weighted by atomic mass is 16.5. The number of aromatic nitrogens is 2. The summed E-state index contributed by atoms with van der Waals surface area (Å²) in [6.45, 7) is 2.63. The topological polar surface area (TPSA) is 59.1 Å². The first-order chi connectivity index (χ1) is 10.8. The van der Waals surface area contributed by atoms with Crippen LogP contribution in [0.5, 0.6) is 5.75 Å². The number of fused-ring (bicyclic) bond motifs is 1. The Morgan fingerprint density at radius 2 is 1.77 bits per heavy atom. The Morgan fingerprint density at radius 1 is 1.00 bits per heavy atom. The zero-order valence-electron chi connectivity index (χ0n) is 12.6. The van der Waals surface area contributed by atoms with Gasteiger partial charge in [0.25, 0.3) is 0 Å². The van der Waals surface area contributed by atoms with E-state index in [-0.39, 0.29) is 0 Å². The standard InChI is InChI=1S/C17H18N4O/c1-3-22-13-10-8-12(9-11-13)19-17-20-15-7-5-4-6-14(15)16(18-2)21-17/h4-11H,3H2,1-2H3,(H2,18,19,20,21). The van der Waals surface area contributed by atoms with E-state index in [1.54, 1.807) is 0 Å². The van der Waals surface area contributed by atoms with E-state index in [0.29, 0.717) is 12.6 Å². The minimum atomic E-state index is 0.562.